The molecule has 0 radical (unpaired) electrons. The highest BCUT2D eigenvalue weighted by atomic mass is 16.5. The summed E-state index contributed by atoms with van der Waals surface area (Å²) in [7, 11) is 0. The van der Waals surface area contributed by atoms with Crippen LogP contribution in [0.2, 0.25) is 0 Å². The maximum Gasteiger partial charge on any atom is 0.287 e. The number of hydrogen-bond donors (Lipinski definition) is 1. The van der Waals surface area contributed by atoms with E-state index in [0.29, 0.717) is 31.0 Å². The number of carbonyl (C=O) groups is 2. The Balaban J connectivity index is 1.26. The molecule has 1 saturated heterocycles. The fourth-order valence-corrected chi connectivity index (χ4v) is 3.69. The van der Waals surface area contributed by atoms with Crippen molar-refractivity contribution in [1.29, 1.82) is 0 Å². The standard InChI is InChI=1S/C25H26N2O4/c1-18-13-16-30-23(18)24(28)26-21-11-14-27(15-12-21)25(29)20-9-7-19(8-10-20)17-31-22-5-3-2-4-6-22/h2-10,13,16,21H,11-12,14-15,17H2,1H3,(H,26,28). The van der Waals surface area contributed by atoms with Crippen LogP contribution in [0.5, 0.6) is 5.75 Å². The van der Waals surface area contributed by atoms with Gasteiger partial charge in [-0.2, -0.15) is 0 Å². The van der Waals surface area contributed by atoms with E-state index >= 15 is 0 Å². The Bertz CT molecular complexity index is 1020. The van der Waals surface area contributed by atoms with Crippen molar-refractivity contribution in [3.63, 3.8) is 0 Å². The topological polar surface area (TPSA) is 71.8 Å². The van der Waals surface area contributed by atoms with E-state index in [1.54, 1.807) is 6.07 Å². The molecule has 31 heavy (non-hydrogen) atoms. The number of nitrogens with one attached hydrogen (secondary N) is 1. The molecule has 6 nitrogen and oxygen atoms in total. The highest BCUT2D eigenvalue weighted by Crippen LogP contribution is 2.17. The molecule has 2 amide bonds. The average molecular weight is 418 g/mol. The summed E-state index contributed by atoms with van der Waals surface area (Å²) < 4.78 is 11.0. The Labute approximate surface area is 181 Å². The third-order valence-electron chi connectivity index (χ3n) is 5.54. The second kappa shape index (κ2) is 9.51. The molecule has 0 aliphatic carbocycles. The Hall–Kier alpha value is -3.54. The SMILES string of the molecule is Cc1ccoc1C(=O)NC1CCN(C(=O)c2ccc(COc3ccccc3)cc2)CC1. The summed E-state index contributed by atoms with van der Waals surface area (Å²) in [4.78, 5) is 27.0. The van der Waals surface area contributed by atoms with E-state index < -0.39 is 0 Å². The van der Waals surface area contributed by atoms with Gasteiger partial charge in [0, 0.05) is 30.3 Å². The lowest BCUT2D eigenvalue weighted by Crippen LogP contribution is -2.46. The summed E-state index contributed by atoms with van der Waals surface area (Å²) in [6.07, 6.45) is 2.96. The third kappa shape index (κ3) is 5.15. The number of benzene rings is 2. The van der Waals surface area contributed by atoms with Gasteiger partial charge < -0.3 is 19.4 Å². The fraction of sp³-hybridized carbons (Fsp3) is 0.280. The van der Waals surface area contributed by atoms with Crippen LogP contribution in [0.1, 0.15) is 44.9 Å². The zero-order chi connectivity index (χ0) is 21.6. The number of likely N-dealkylation sites (tertiary alicyclic amines) is 1. The predicted octanol–water partition coefficient (Wildman–Crippen LogP) is 4.20. The highest BCUT2D eigenvalue weighted by molar-refractivity contribution is 5.94. The van der Waals surface area contributed by atoms with Crippen molar-refractivity contribution in [1.82, 2.24) is 10.2 Å². The summed E-state index contributed by atoms with van der Waals surface area (Å²) >= 11 is 0. The van der Waals surface area contributed by atoms with Gasteiger partial charge in [0.1, 0.15) is 12.4 Å². The lowest BCUT2D eigenvalue weighted by molar-refractivity contribution is 0.0695. The number of amides is 2. The zero-order valence-corrected chi connectivity index (χ0v) is 17.5. The van der Waals surface area contributed by atoms with Crippen LogP contribution < -0.4 is 10.1 Å². The Kier molecular flexibility index (Phi) is 6.36. The van der Waals surface area contributed by atoms with Crippen molar-refractivity contribution >= 4 is 11.8 Å². The van der Waals surface area contributed by atoms with Gasteiger partial charge in [0.2, 0.25) is 0 Å². The number of rotatable bonds is 6. The molecule has 0 bridgehead atoms. The number of nitrogens with zero attached hydrogens (tertiary/aromatic N) is 1. The van der Waals surface area contributed by atoms with Crippen LogP contribution in [0.3, 0.4) is 0 Å². The van der Waals surface area contributed by atoms with E-state index in [9.17, 15) is 9.59 Å². The third-order valence-corrected chi connectivity index (χ3v) is 5.54. The minimum absolute atomic E-state index is 0.0159. The number of hydrogen-bond acceptors (Lipinski definition) is 4. The molecule has 3 aromatic rings. The van der Waals surface area contributed by atoms with Crippen molar-refractivity contribution < 1.29 is 18.7 Å². The molecular formula is C25H26N2O4. The molecule has 0 unspecified atom stereocenters. The van der Waals surface area contributed by atoms with Crippen LogP contribution >= 0.6 is 0 Å². The summed E-state index contributed by atoms with van der Waals surface area (Å²) in [5.74, 6) is 0.998. The van der Waals surface area contributed by atoms with Crippen LogP contribution in [0, 0.1) is 6.92 Å². The first-order valence-electron chi connectivity index (χ1n) is 10.5. The van der Waals surface area contributed by atoms with Crippen LogP contribution in [0.4, 0.5) is 0 Å². The van der Waals surface area contributed by atoms with Crippen LogP contribution in [0.15, 0.2) is 71.3 Å². The minimum atomic E-state index is -0.194. The lowest BCUT2D eigenvalue weighted by Gasteiger charge is -2.32. The van der Waals surface area contributed by atoms with Gasteiger partial charge >= 0.3 is 0 Å². The number of carbonyl (C=O) groups excluding carboxylic acids is 2. The summed E-state index contributed by atoms with van der Waals surface area (Å²) in [5, 5.41) is 3.01. The van der Waals surface area contributed by atoms with Crippen LogP contribution in [0.25, 0.3) is 0 Å². The van der Waals surface area contributed by atoms with E-state index in [1.807, 2.05) is 66.4 Å². The molecule has 160 valence electrons. The molecule has 0 saturated carbocycles. The van der Waals surface area contributed by atoms with E-state index in [2.05, 4.69) is 5.32 Å². The first kappa shape index (κ1) is 20.7. The number of furan rings is 1. The monoisotopic (exact) mass is 418 g/mol. The summed E-state index contributed by atoms with van der Waals surface area (Å²) in [5.41, 5.74) is 2.50. The zero-order valence-electron chi connectivity index (χ0n) is 17.5. The molecule has 0 atom stereocenters. The predicted molar refractivity (Wildman–Crippen MR) is 117 cm³/mol. The summed E-state index contributed by atoms with van der Waals surface area (Å²) in [6, 6.07) is 19.0. The Morgan fingerprint density at radius 1 is 1.03 bits per heavy atom. The summed E-state index contributed by atoms with van der Waals surface area (Å²) in [6.45, 7) is 3.52. The van der Waals surface area contributed by atoms with Gasteiger partial charge in [-0.1, -0.05) is 30.3 Å². The molecule has 4 rings (SSSR count). The fourth-order valence-electron chi connectivity index (χ4n) is 3.69. The first-order chi connectivity index (χ1) is 15.1. The van der Waals surface area contributed by atoms with Crippen molar-refractivity contribution in [2.45, 2.75) is 32.4 Å². The van der Waals surface area contributed by atoms with Gasteiger partial charge in [0.05, 0.1) is 6.26 Å². The largest absolute Gasteiger partial charge is 0.489 e. The molecule has 1 N–H and O–H groups in total. The van der Waals surface area contributed by atoms with E-state index in [4.69, 9.17) is 9.15 Å². The Morgan fingerprint density at radius 2 is 1.74 bits per heavy atom. The minimum Gasteiger partial charge on any atom is -0.489 e. The van der Waals surface area contributed by atoms with E-state index in [0.717, 1.165) is 29.7 Å². The second-order valence-corrected chi connectivity index (χ2v) is 7.77. The molecule has 1 aromatic heterocycles. The molecule has 1 aliphatic rings. The maximum absolute atomic E-state index is 12.8. The van der Waals surface area contributed by atoms with Gasteiger partial charge in [-0.3, -0.25) is 9.59 Å². The molecule has 6 heteroatoms. The van der Waals surface area contributed by atoms with Crippen LogP contribution in [-0.2, 0) is 6.61 Å². The van der Waals surface area contributed by atoms with Crippen molar-refractivity contribution in [2.24, 2.45) is 0 Å². The smallest absolute Gasteiger partial charge is 0.287 e. The van der Waals surface area contributed by atoms with Crippen molar-refractivity contribution in [3.8, 4) is 5.75 Å². The number of para-hydroxylation sites is 1. The van der Waals surface area contributed by atoms with Gasteiger partial charge in [-0.25, -0.2) is 0 Å². The highest BCUT2D eigenvalue weighted by Gasteiger charge is 2.26. The maximum atomic E-state index is 12.8. The van der Waals surface area contributed by atoms with Gasteiger partial charge in [0.25, 0.3) is 11.8 Å². The van der Waals surface area contributed by atoms with Crippen LogP contribution in [-0.4, -0.2) is 35.8 Å². The molecule has 2 heterocycles. The molecular weight excluding hydrogens is 392 g/mol. The second-order valence-electron chi connectivity index (χ2n) is 7.77. The first-order valence-corrected chi connectivity index (χ1v) is 10.5. The van der Waals surface area contributed by atoms with Gasteiger partial charge in [0.15, 0.2) is 5.76 Å². The molecule has 0 spiro atoms. The Morgan fingerprint density at radius 3 is 2.39 bits per heavy atom. The average Bonchev–Trinajstić information content (AvgIpc) is 3.25. The van der Waals surface area contributed by atoms with E-state index in [1.165, 1.54) is 6.26 Å². The number of ether oxygens (including phenoxy) is 1. The molecule has 1 fully saturated rings. The van der Waals surface area contributed by atoms with Gasteiger partial charge in [-0.15, -0.1) is 0 Å². The van der Waals surface area contributed by atoms with Crippen molar-refractivity contribution in [2.75, 3.05) is 13.1 Å². The normalized spacial score (nSPS) is 14.3. The molecule has 2 aromatic carbocycles. The number of aryl methyl sites for hydroxylation is 1. The van der Waals surface area contributed by atoms with Crippen molar-refractivity contribution in [3.05, 3.63) is 89.4 Å². The lowest BCUT2D eigenvalue weighted by atomic mass is 10.0. The quantitative estimate of drug-likeness (QED) is 0.651. The number of piperidine rings is 1. The van der Waals surface area contributed by atoms with E-state index in [-0.39, 0.29) is 17.9 Å². The van der Waals surface area contributed by atoms with Gasteiger partial charge in [-0.05, 0) is 55.7 Å². The molecule has 1 aliphatic heterocycles.